The monoisotopic (exact) mass is 292 g/mol. The van der Waals surface area contributed by atoms with Gasteiger partial charge in [-0.05, 0) is 31.5 Å². The number of nitrogens with one attached hydrogen (secondary N) is 1. The fourth-order valence-electron chi connectivity index (χ4n) is 2.09. The molecule has 2 rings (SSSR count). The molecule has 0 radical (unpaired) electrons. The summed E-state index contributed by atoms with van der Waals surface area (Å²) in [6, 6.07) is 4.25. The summed E-state index contributed by atoms with van der Waals surface area (Å²) in [5, 5.41) is 9.03. The van der Waals surface area contributed by atoms with Gasteiger partial charge in [-0.3, -0.25) is 9.59 Å². The standard InChI is InChI=1S/C14H16N2O5/c1-2-21-7-3-6-16-11-8-9(14(19)20)4-5-10(11)15-12(17)13(16)18/h4-5,8H,2-3,6-7H2,1H3,(H,15,17)(H,19,20). The molecule has 0 atom stereocenters. The number of H-pyrrole nitrogens is 1. The number of carboxylic acid groups (broad SMARTS) is 1. The zero-order valence-corrected chi connectivity index (χ0v) is 11.6. The highest BCUT2D eigenvalue weighted by atomic mass is 16.5. The van der Waals surface area contributed by atoms with Crippen molar-refractivity contribution in [1.29, 1.82) is 0 Å². The van der Waals surface area contributed by atoms with Crippen LogP contribution in [0.1, 0.15) is 23.7 Å². The van der Waals surface area contributed by atoms with Gasteiger partial charge in [0, 0.05) is 19.8 Å². The smallest absolute Gasteiger partial charge is 0.335 e. The normalized spacial score (nSPS) is 10.9. The first kappa shape index (κ1) is 15.0. The Morgan fingerprint density at radius 3 is 2.81 bits per heavy atom. The molecule has 0 saturated carbocycles. The number of aromatic nitrogens is 2. The van der Waals surface area contributed by atoms with Crippen LogP contribution in [0, 0.1) is 0 Å². The van der Waals surface area contributed by atoms with Gasteiger partial charge in [0.1, 0.15) is 0 Å². The van der Waals surface area contributed by atoms with Crippen molar-refractivity contribution in [3.8, 4) is 0 Å². The Labute approximate surface area is 119 Å². The first-order valence-electron chi connectivity index (χ1n) is 6.62. The second-order valence-corrected chi connectivity index (χ2v) is 4.50. The van der Waals surface area contributed by atoms with E-state index in [4.69, 9.17) is 9.84 Å². The number of hydrogen-bond acceptors (Lipinski definition) is 4. The first-order valence-corrected chi connectivity index (χ1v) is 6.62. The molecule has 0 aliphatic heterocycles. The van der Waals surface area contributed by atoms with Gasteiger partial charge in [-0.1, -0.05) is 0 Å². The van der Waals surface area contributed by atoms with Gasteiger partial charge in [0.15, 0.2) is 0 Å². The van der Waals surface area contributed by atoms with Gasteiger partial charge in [0.25, 0.3) is 0 Å². The summed E-state index contributed by atoms with van der Waals surface area (Å²) in [5.74, 6) is -1.09. The quantitative estimate of drug-likeness (QED) is 0.606. The highest BCUT2D eigenvalue weighted by molar-refractivity contribution is 5.92. The molecule has 1 aromatic heterocycles. The number of aryl methyl sites for hydroxylation is 1. The third kappa shape index (κ3) is 3.19. The molecule has 0 aliphatic rings. The number of aromatic amines is 1. The molecule has 1 heterocycles. The van der Waals surface area contributed by atoms with E-state index in [0.717, 1.165) is 0 Å². The summed E-state index contributed by atoms with van der Waals surface area (Å²) in [6.07, 6.45) is 0.559. The van der Waals surface area contributed by atoms with Crippen molar-refractivity contribution in [2.45, 2.75) is 19.9 Å². The molecule has 7 heteroatoms. The van der Waals surface area contributed by atoms with Gasteiger partial charge in [-0.15, -0.1) is 0 Å². The van der Waals surface area contributed by atoms with E-state index < -0.39 is 17.1 Å². The Balaban J connectivity index is 2.50. The Kier molecular flexibility index (Phi) is 4.54. The van der Waals surface area contributed by atoms with Gasteiger partial charge < -0.3 is 19.4 Å². The number of aromatic carboxylic acids is 1. The third-order valence-electron chi connectivity index (χ3n) is 3.10. The van der Waals surface area contributed by atoms with E-state index in [0.29, 0.717) is 37.2 Å². The molecule has 1 aromatic carbocycles. The van der Waals surface area contributed by atoms with E-state index in [-0.39, 0.29) is 5.56 Å². The van der Waals surface area contributed by atoms with E-state index in [1.807, 2.05) is 6.92 Å². The summed E-state index contributed by atoms with van der Waals surface area (Å²) in [6.45, 7) is 3.21. The summed E-state index contributed by atoms with van der Waals surface area (Å²) in [4.78, 5) is 37.1. The second-order valence-electron chi connectivity index (χ2n) is 4.50. The van der Waals surface area contributed by atoms with Crippen molar-refractivity contribution < 1.29 is 14.6 Å². The fraction of sp³-hybridized carbons (Fsp3) is 0.357. The molecule has 21 heavy (non-hydrogen) atoms. The van der Waals surface area contributed by atoms with Crippen LogP contribution >= 0.6 is 0 Å². The Morgan fingerprint density at radius 2 is 2.14 bits per heavy atom. The number of nitrogens with zero attached hydrogens (tertiary/aromatic N) is 1. The summed E-state index contributed by atoms with van der Waals surface area (Å²) in [7, 11) is 0. The van der Waals surface area contributed by atoms with Crippen molar-refractivity contribution in [1.82, 2.24) is 9.55 Å². The van der Waals surface area contributed by atoms with Crippen LogP contribution in [0.3, 0.4) is 0 Å². The Bertz CT molecular complexity index is 775. The lowest BCUT2D eigenvalue weighted by atomic mass is 10.2. The summed E-state index contributed by atoms with van der Waals surface area (Å²) >= 11 is 0. The highest BCUT2D eigenvalue weighted by Gasteiger charge is 2.10. The minimum Gasteiger partial charge on any atom is -0.478 e. The second kappa shape index (κ2) is 6.36. The van der Waals surface area contributed by atoms with Crippen LogP contribution in [0.2, 0.25) is 0 Å². The van der Waals surface area contributed by atoms with Crippen molar-refractivity contribution in [2.24, 2.45) is 0 Å². The average molecular weight is 292 g/mol. The Hall–Kier alpha value is -2.41. The molecule has 0 bridgehead atoms. The largest absolute Gasteiger partial charge is 0.478 e. The van der Waals surface area contributed by atoms with Crippen LogP contribution in [-0.2, 0) is 11.3 Å². The zero-order valence-electron chi connectivity index (χ0n) is 11.6. The van der Waals surface area contributed by atoms with E-state index in [2.05, 4.69) is 4.98 Å². The van der Waals surface area contributed by atoms with Crippen molar-refractivity contribution >= 4 is 17.0 Å². The maximum atomic E-state index is 12.0. The van der Waals surface area contributed by atoms with E-state index >= 15 is 0 Å². The number of carboxylic acids is 1. The van der Waals surface area contributed by atoms with Gasteiger partial charge >= 0.3 is 17.1 Å². The lowest BCUT2D eigenvalue weighted by Gasteiger charge is -2.10. The SMILES string of the molecule is CCOCCCn1c(=O)c(=O)[nH]c2ccc(C(=O)O)cc21. The van der Waals surface area contributed by atoms with Crippen LogP contribution in [0.4, 0.5) is 0 Å². The fourth-order valence-corrected chi connectivity index (χ4v) is 2.09. The molecule has 112 valence electrons. The topological polar surface area (TPSA) is 101 Å². The van der Waals surface area contributed by atoms with Crippen molar-refractivity contribution in [2.75, 3.05) is 13.2 Å². The highest BCUT2D eigenvalue weighted by Crippen LogP contribution is 2.12. The zero-order chi connectivity index (χ0) is 15.4. The van der Waals surface area contributed by atoms with E-state index in [1.165, 1.54) is 22.8 Å². The third-order valence-corrected chi connectivity index (χ3v) is 3.10. The Morgan fingerprint density at radius 1 is 1.38 bits per heavy atom. The predicted molar refractivity (Wildman–Crippen MR) is 76.9 cm³/mol. The minimum absolute atomic E-state index is 0.0625. The molecule has 0 spiro atoms. The summed E-state index contributed by atoms with van der Waals surface area (Å²) in [5.41, 5.74) is -0.520. The number of fused-ring (bicyclic) bond motifs is 1. The van der Waals surface area contributed by atoms with E-state index in [1.54, 1.807) is 0 Å². The van der Waals surface area contributed by atoms with E-state index in [9.17, 15) is 14.4 Å². The average Bonchev–Trinajstić information content (AvgIpc) is 2.46. The van der Waals surface area contributed by atoms with Crippen LogP contribution in [0.15, 0.2) is 27.8 Å². The van der Waals surface area contributed by atoms with Crippen LogP contribution in [0.25, 0.3) is 11.0 Å². The van der Waals surface area contributed by atoms with Gasteiger partial charge in [-0.25, -0.2) is 4.79 Å². The van der Waals surface area contributed by atoms with Gasteiger partial charge in [-0.2, -0.15) is 0 Å². The van der Waals surface area contributed by atoms with Crippen molar-refractivity contribution in [3.05, 3.63) is 44.5 Å². The van der Waals surface area contributed by atoms with Gasteiger partial charge in [0.2, 0.25) is 0 Å². The van der Waals surface area contributed by atoms with Crippen molar-refractivity contribution in [3.63, 3.8) is 0 Å². The lowest BCUT2D eigenvalue weighted by molar-refractivity contribution is 0.0697. The first-order chi connectivity index (χ1) is 10.0. The molecule has 0 aliphatic carbocycles. The molecule has 2 aromatic rings. The molecule has 0 fully saturated rings. The molecule has 0 unspecified atom stereocenters. The summed E-state index contributed by atoms with van der Waals surface area (Å²) < 4.78 is 6.50. The molecule has 7 nitrogen and oxygen atoms in total. The number of hydrogen-bond donors (Lipinski definition) is 2. The molecule has 2 N–H and O–H groups in total. The maximum absolute atomic E-state index is 12.0. The minimum atomic E-state index is -1.09. The number of rotatable bonds is 6. The molecular weight excluding hydrogens is 276 g/mol. The number of benzene rings is 1. The molecule has 0 saturated heterocycles. The number of carbonyl (C=O) groups is 1. The van der Waals surface area contributed by atoms with Crippen LogP contribution in [-0.4, -0.2) is 33.8 Å². The van der Waals surface area contributed by atoms with Crippen LogP contribution in [0.5, 0.6) is 0 Å². The molecular formula is C14H16N2O5. The molecule has 0 amide bonds. The van der Waals surface area contributed by atoms with Gasteiger partial charge in [0.05, 0.1) is 16.6 Å². The predicted octanol–water partition coefficient (Wildman–Crippen LogP) is 0.815. The van der Waals surface area contributed by atoms with Crippen LogP contribution < -0.4 is 11.1 Å². The maximum Gasteiger partial charge on any atom is 0.335 e. The lowest BCUT2D eigenvalue weighted by Crippen LogP contribution is -2.36. The number of ether oxygens (including phenoxy) is 1.